The lowest BCUT2D eigenvalue weighted by atomic mass is 10.1. The minimum absolute atomic E-state index is 0.303. The zero-order chi connectivity index (χ0) is 15.4. The van der Waals surface area contributed by atoms with Crippen LogP contribution >= 0.6 is 11.6 Å². The molecule has 0 unspecified atom stereocenters. The Kier molecular flexibility index (Phi) is 5.21. The molecule has 2 aromatic carbocycles. The summed E-state index contributed by atoms with van der Waals surface area (Å²) in [6.45, 7) is 7.30. The summed E-state index contributed by atoms with van der Waals surface area (Å²) in [6.07, 6.45) is 0. The van der Waals surface area contributed by atoms with Crippen LogP contribution in [-0.4, -0.2) is 6.54 Å². The first-order chi connectivity index (χ1) is 9.99. The fourth-order valence-corrected chi connectivity index (χ4v) is 2.26. The van der Waals surface area contributed by atoms with E-state index in [-0.39, 0.29) is 5.82 Å². The molecule has 112 valence electrons. The molecule has 0 amide bonds. The molecule has 0 bridgehead atoms. The van der Waals surface area contributed by atoms with Gasteiger partial charge in [0, 0.05) is 17.6 Å². The monoisotopic (exact) mass is 307 g/mol. The van der Waals surface area contributed by atoms with Gasteiger partial charge in [-0.1, -0.05) is 18.5 Å². The van der Waals surface area contributed by atoms with E-state index in [2.05, 4.69) is 5.32 Å². The first kappa shape index (κ1) is 15.8. The highest BCUT2D eigenvalue weighted by molar-refractivity contribution is 6.32. The first-order valence-corrected chi connectivity index (χ1v) is 7.32. The average molecular weight is 308 g/mol. The summed E-state index contributed by atoms with van der Waals surface area (Å²) < 4.78 is 19.4. The van der Waals surface area contributed by atoms with Crippen LogP contribution < -0.4 is 10.1 Å². The maximum atomic E-state index is 13.7. The number of hydrogen-bond acceptors (Lipinski definition) is 2. The van der Waals surface area contributed by atoms with Crippen LogP contribution in [0.4, 0.5) is 4.39 Å². The van der Waals surface area contributed by atoms with Crippen molar-refractivity contribution in [2.45, 2.75) is 27.3 Å². The fourth-order valence-electron chi connectivity index (χ4n) is 2.15. The molecule has 0 aliphatic heterocycles. The van der Waals surface area contributed by atoms with Crippen molar-refractivity contribution >= 4 is 11.6 Å². The Morgan fingerprint density at radius 1 is 1.05 bits per heavy atom. The van der Waals surface area contributed by atoms with Crippen LogP contribution in [0, 0.1) is 19.7 Å². The van der Waals surface area contributed by atoms with Gasteiger partial charge in [-0.25, -0.2) is 4.39 Å². The molecule has 0 heterocycles. The second-order valence-corrected chi connectivity index (χ2v) is 5.43. The lowest BCUT2D eigenvalue weighted by Gasteiger charge is -2.11. The third-order valence-electron chi connectivity index (χ3n) is 3.16. The Morgan fingerprint density at radius 2 is 1.67 bits per heavy atom. The van der Waals surface area contributed by atoms with Crippen molar-refractivity contribution in [2.75, 3.05) is 6.54 Å². The molecule has 1 N–H and O–H groups in total. The summed E-state index contributed by atoms with van der Waals surface area (Å²) in [4.78, 5) is 0. The molecule has 4 heteroatoms. The van der Waals surface area contributed by atoms with Gasteiger partial charge in [-0.15, -0.1) is 0 Å². The quantitative estimate of drug-likeness (QED) is 0.839. The number of aryl methyl sites for hydroxylation is 2. The van der Waals surface area contributed by atoms with E-state index >= 15 is 0 Å². The van der Waals surface area contributed by atoms with Gasteiger partial charge in [0.25, 0.3) is 0 Å². The van der Waals surface area contributed by atoms with E-state index < -0.39 is 0 Å². The van der Waals surface area contributed by atoms with Crippen LogP contribution in [-0.2, 0) is 6.54 Å². The number of ether oxygens (including phenoxy) is 1. The van der Waals surface area contributed by atoms with Crippen LogP contribution in [0.15, 0.2) is 30.3 Å². The summed E-state index contributed by atoms with van der Waals surface area (Å²) in [5.41, 5.74) is 2.74. The van der Waals surface area contributed by atoms with Crippen molar-refractivity contribution in [1.29, 1.82) is 0 Å². The van der Waals surface area contributed by atoms with Crippen LogP contribution in [0.3, 0.4) is 0 Å². The standard InChI is InChI=1S/C17H19ClFNO/c1-4-20-10-13-7-14(19)9-16(8-13)21-15-5-11(2)17(18)12(3)6-15/h5-9,20H,4,10H2,1-3H3. The minimum Gasteiger partial charge on any atom is -0.457 e. The van der Waals surface area contributed by atoms with E-state index in [0.717, 1.165) is 28.3 Å². The predicted molar refractivity (Wildman–Crippen MR) is 84.8 cm³/mol. The Balaban J connectivity index is 2.24. The average Bonchev–Trinajstić information content (AvgIpc) is 2.42. The van der Waals surface area contributed by atoms with Gasteiger partial charge in [0.2, 0.25) is 0 Å². The first-order valence-electron chi connectivity index (χ1n) is 6.94. The van der Waals surface area contributed by atoms with E-state index in [9.17, 15) is 4.39 Å². The second kappa shape index (κ2) is 6.92. The second-order valence-electron chi connectivity index (χ2n) is 5.05. The van der Waals surface area contributed by atoms with Gasteiger partial charge in [-0.05, 0) is 61.3 Å². The summed E-state index contributed by atoms with van der Waals surface area (Å²) >= 11 is 6.14. The maximum Gasteiger partial charge on any atom is 0.130 e. The zero-order valence-electron chi connectivity index (χ0n) is 12.5. The Bertz CT molecular complexity index is 620. The molecule has 2 nitrogen and oxygen atoms in total. The fraction of sp³-hybridized carbons (Fsp3) is 0.294. The molecule has 0 aromatic heterocycles. The van der Waals surface area contributed by atoms with Gasteiger partial charge in [0.05, 0.1) is 0 Å². The van der Waals surface area contributed by atoms with Crippen LogP contribution in [0.5, 0.6) is 11.5 Å². The molecule has 0 spiro atoms. The molecular weight excluding hydrogens is 289 g/mol. The molecule has 0 radical (unpaired) electrons. The number of rotatable bonds is 5. The maximum absolute atomic E-state index is 13.7. The van der Waals surface area contributed by atoms with Crippen LogP contribution in [0.2, 0.25) is 5.02 Å². The van der Waals surface area contributed by atoms with Gasteiger partial charge >= 0.3 is 0 Å². The van der Waals surface area contributed by atoms with Crippen molar-refractivity contribution in [1.82, 2.24) is 5.32 Å². The van der Waals surface area contributed by atoms with Crippen LogP contribution in [0.1, 0.15) is 23.6 Å². The van der Waals surface area contributed by atoms with Crippen molar-refractivity contribution in [3.8, 4) is 11.5 Å². The molecular formula is C17H19ClFNO. The van der Waals surface area contributed by atoms with Gasteiger partial charge in [0.15, 0.2) is 0 Å². The summed E-state index contributed by atoms with van der Waals surface area (Å²) in [7, 11) is 0. The van der Waals surface area contributed by atoms with Crippen molar-refractivity contribution in [3.63, 3.8) is 0 Å². The summed E-state index contributed by atoms with van der Waals surface area (Å²) in [5, 5.41) is 3.90. The molecule has 0 aliphatic carbocycles. The molecule has 21 heavy (non-hydrogen) atoms. The van der Waals surface area contributed by atoms with E-state index in [4.69, 9.17) is 16.3 Å². The third kappa shape index (κ3) is 4.19. The molecule has 0 saturated heterocycles. The number of benzene rings is 2. The molecule has 0 fully saturated rings. The molecule has 0 aliphatic rings. The lowest BCUT2D eigenvalue weighted by Crippen LogP contribution is -2.11. The van der Waals surface area contributed by atoms with Gasteiger partial charge in [-0.2, -0.15) is 0 Å². The van der Waals surface area contributed by atoms with E-state index in [1.54, 1.807) is 0 Å². The molecule has 2 rings (SSSR count). The molecule has 0 atom stereocenters. The van der Waals surface area contributed by atoms with E-state index in [1.165, 1.54) is 12.1 Å². The highest BCUT2D eigenvalue weighted by atomic mass is 35.5. The number of halogens is 2. The topological polar surface area (TPSA) is 21.3 Å². The largest absolute Gasteiger partial charge is 0.457 e. The highest BCUT2D eigenvalue weighted by Crippen LogP contribution is 2.30. The Morgan fingerprint density at radius 3 is 2.29 bits per heavy atom. The molecule has 0 saturated carbocycles. The predicted octanol–water partition coefficient (Wildman–Crippen LogP) is 5.00. The smallest absolute Gasteiger partial charge is 0.130 e. The molecule has 2 aromatic rings. The number of hydrogen-bond donors (Lipinski definition) is 1. The summed E-state index contributed by atoms with van der Waals surface area (Å²) in [5.74, 6) is 0.848. The third-order valence-corrected chi connectivity index (χ3v) is 3.75. The van der Waals surface area contributed by atoms with Gasteiger partial charge in [0.1, 0.15) is 17.3 Å². The van der Waals surface area contributed by atoms with Gasteiger partial charge in [-0.3, -0.25) is 0 Å². The number of nitrogens with one attached hydrogen (secondary N) is 1. The SMILES string of the molecule is CCNCc1cc(F)cc(Oc2cc(C)c(Cl)c(C)c2)c1. The normalized spacial score (nSPS) is 10.7. The Labute approximate surface area is 129 Å². The van der Waals surface area contributed by atoms with Crippen molar-refractivity contribution in [2.24, 2.45) is 0 Å². The summed E-state index contributed by atoms with van der Waals surface area (Å²) in [6, 6.07) is 8.43. The van der Waals surface area contributed by atoms with E-state index in [1.807, 2.05) is 39.0 Å². The van der Waals surface area contributed by atoms with Gasteiger partial charge < -0.3 is 10.1 Å². The van der Waals surface area contributed by atoms with E-state index in [0.29, 0.717) is 18.0 Å². The van der Waals surface area contributed by atoms with Crippen molar-refractivity contribution < 1.29 is 9.13 Å². The minimum atomic E-state index is -0.303. The lowest BCUT2D eigenvalue weighted by molar-refractivity contribution is 0.474. The zero-order valence-corrected chi connectivity index (χ0v) is 13.2. The van der Waals surface area contributed by atoms with Crippen LogP contribution in [0.25, 0.3) is 0 Å². The highest BCUT2D eigenvalue weighted by Gasteiger charge is 2.07. The Hall–Kier alpha value is -1.58. The van der Waals surface area contributed by atoms with Crippen molar-refractivity contribution in [3.05, 3.63) is 57.9 Å².